The lowest BCUT2D eigenvalue weighted by Gasteiger charge is -2.31. The molecule has 1 saturated carbocycles. The van der Waals surface area contributed by atoms with Gasteiger partial charge < -0.3 is 5.73 Å². The van der Waals surface area contributed by atoms with E-state index in [1.807, 2.05) is 18.2 Å². The quantitative estimate of drug-likeness (QED) is 0.854. The Labute approximate surface area is 123 Å². The Morgan fingerprint density at radius 1 is 1.50 bits per heavy atom. The number of nitrogens with two attached hydrogens (primary N) is 1. The molecule has 1 aromatic rings. The molecule has 0 amide bonds. The van der Waals surface area contributed by atoms with Gasteiger partial charge in [-0.3, -0.25) is 4.90 Å². The molecule has 0 saturated heterocycles. The van der Waals surface area contributed by atoms with Crippen molar-refractivity contribution >= 4 is 27.5 Å². The minimum Gasteiger partial charge on any atom is -0.329 e. The predicted molar refractivity (Wildman–Crippen MR) is 81.0 cm³/mol. The molecule has 1 aromatic carbocycles. The van der Waals surface area contributed by atoms with Crippen LogP contribution in [0.1, 0.15) is 37.8 Å². The van der Waals surface area contributed by atoms with Crippen LogP contribution in [0.15, 0.2) is 22.7 Å². The van der Waals surface area contributed by atoms with Crippen LogP contribution in [0, 0.1) is 0 Å². The standard InChI is InChI=1S/C14H20BrClN2/c1-2-7-18(11-4-5-11)14(9-17)12-8-10(16)3-6-13(12)15/h3,6,8,11,14H,2,4-5,7,9,17H2,1H3. The van der Waals surface area contributed by atoms with Crippen molar-refractivity contribution in [3.05, 3.63) is 33.3 Å². The molecule has 0 heterocycles. The number of hydrogen-bond acceptors (Lipinski definition) is 2. The lowest BCUT2D eigenvalue weighted by molar-refractivity contribution is 0.191. The van der Waals surface area contributed by atoms with Crippen molar-refractivity contribution < 1.29 is 0 Å². The molecule has 1 atom stereocenters. The molecule has 0 aromatic heterocycles. The largest absolute Gasteiger partial charge is 0.329 e. The molecule has 100 valence electrons. The van der Waals surface area contributed by atoms with Crippen LogP contribution in [0.5, 0.6) is 0 Å². The second-order valence-corrected chi connectivity index (χ2v) is 6.18. The van der Waals surface area contributed by atoms with Crippen molar-refractivity contribution in [3.63, 3.8) is 0 Å². The van der Waals surface area contributed by atoms with Gasteiger partial charge in [-0.25, -0.2) is 0 Å². The van der Waals surface area contributed by atoms with E-state index in [-0.39, 0.29) is 6.04 Å². The molecule has 0 bridgehead atoms. The van der Waals surface area contributed by atoms with E-state index in [9.17, 15) is 0 Å². The van der Waals surface area contributed by atoms with Gasteiger partial charge in [0.25, 0.3) is 0 Å². The summed E-state index contributed by atoms with van der Waals surface area (Å²) in [5, 5.41) is 0.777. The molecule has 1 aliphatic rings. The zero-order valence-electron chi connectivity index (χ0n) is 10.7. The number of benzene rings is 1. The normalized spacial score (nSPS) is 17.2. The van der Waals surface area contributed by atoms with Gasteiger partial charge in [-0.05, 0) is 49.6 Å². The highest BCUT2D eigenvalue weighted by Crippen LogP contribution is 2.37. The lowest BCUT2D eigenvalue weighted by Crippen LogP contribution is -2.36. The smallest absolute Gasteiger partial charge is 0.0485 e. The van der Waals surface area contributed by atoms with Crippen LogP contribution in [-0.4, -0.2) is 24.0 Å². The summed E-state index contributed by atoms with van der Waals surface area (Å²) in [5.41, 5.74) is 7.23. The second-order valence-electron chi connectivity index (χ2n) is 4.89. The van der Waals surface area contributed by atoms with Gasteiger partial charge in [-0.2, -0.15) is 0 Å². The van der Waals surface area contributed by atoms with Crippen LogP contribution >= 0.6 is 27.5 Å². The third-order valence-electron chi connectivity index (χ3n) is 3.44. The first kappa shape index (κ1) is 14.3. The summed E-state index contributed by atoms with van der Waals surface area (Å²) in [5.74, 6) is 0. The maximum Gasteiger partial charge on any atom is 0.0485 e. The molecule has 4 heteroatoms. The molecule has 0 spiro atoms. The Morgan fingerprint density at radius 2 is 2.22 bits per heavy atom. The van der Waals surface area contributed by atoms with E-state index in [4.69, 9.17) is 17.3 Å². The van der Waals surface area contributed by atoms with Crippen molar-refractivity contribution in [3.8, 4) is 0 Å². The van der Waals surface area contributed by atoms with Gasteiger partial charge in [0.1, 0.15) is 0 Å². The first-order valence-electron chi connectivity index (χ1n) is 6.58. The minimum absolute atomic E-state index is 0.269. The third-order valence-corrected chi connectivity index (χ3v) is 4.40. The molecular weight excluding hydrogens is 312 g/mol. The average Bonchev–Trinajstić information content (AvgIpc) is 3.17. The van der Waals surface area contributed by atoms with E-state index >= 15 is 0 Å². The number of halogens is 2. The van der Waals surface area contributed by atoms with Crippen molar-refractivity contribution in [2.75, 3.05) is 13.1 Å². The molecule has 1 unspecified atom stereocenters. The van der Waals surface area contributed by atoms with E-state index in [0.717, 1.165) is 22.5 Å². The van der Waals surface area contributed by atoms with Crippen molar-refractivity contribution in [2.45, 2.75) is 38.3 Å². The minimum atomic E-state index is 0.269. The van der Waals surface area contributed by atoms with Gasteiger partial charge in [0, 0.05) is 28.1 Å². The lowest BCUT2D eigenvalue weighted by atomic mass is 10.0. The summed E-state index contributed by atoms with van der Waals surface area (Å²) >= 11 is 9.73. The van der Waals surface area contributed by atoms with Crippen LogP contribution in [0.25, 0.3) is 0 Å². The fourth-order valence-corrected chi connectivity index (χ4v) is 3.16. The Balaban J connectivity index is 2.27. The summed E-state index contributed by atoms with van der Waals surface area (Å²) in [6.07, 6.45) is 3.76. The molecule has 18 heavy (non-hydrogen) atoms. The van der Waals surface area contributed by atoms with E-state index in [2.05, 4.69) is 27.8 Å². The highest BCUT2D eigenvalue weighted by Gasteiger charge is 2.34. The number of hydrogen-bond donors (Lipinski definition) is 1. The molecular formula is C14H20BrClN2. The molecule has 1 fully saturated rings. The molecule has 2 nitrogen and oxygen atoms in total. The highest BCUT2D eigenvalue weighted by molar-refractivity contribution is 9.10. The van der Waals surface area contributed by atoms with Crippen molar-refractivity contribution in [1.82, 2.24) is 4.90 Å². The van der Waals surface area contributed by atoms with E-state index in [1.165, 1.54) is 18.4 Å². The summed E-state index contributed by atoms with van der Waals surface area (Å²) < 4.78 is 1.10. The number of nitrogens with zero attached hydrogens (tertiary/aromatic N) is 1. The Kier molecular flexibility index (Phi) is 5.07. The van der Waals surface area contributed by atoms with Crippen LogP contribution in [-0.2, 0) is 0 Å². The van der Waals surface area contributed by atoms with Gasteiger partial charge in [0.15, 0.2) is 0 Å². The van der Waals surface area contributed by atoms with Gasteiger partial charge in [0.05, 0.1) is 0 Å². The van der Waals surface area contributed by atoms with Crippen molar-refractivity contribution in [2.24, 2.45) is 5.73 Å². The molecule has 2 N–H and O–H groups in total. The van der Waals surface area contributed by atoms with Gasteiger partial charge in [0.2, 0.25) is 0 Å². The molecule has 2 rings (SSSR count). The fraction of sp³-hybridized carbons (Fsp3) is 0.571. The first-order valence-corrected chi connectivity index (χ1v) is 7.75. The summed E-state index contributed by atoms with van der Waals surface area (Å²) in [4.78, 5) is 2.54. The molecule has 0 aliphatic heterocycles. The highest BCUT2D eigenvalue weighted by atomic mass is 79.9. The summed E-state index contributed by atoms with van der Waals surface area (Å²) in [7, 11) is 0. The monoisotopic (exact) mass is 330 g/mol. The Morgan fingerprint density at radius 3 is 2.78 bits per heavy atom. The summed E-state index contributed by atoms with van der Waals surface area (Å²) in [6.45, 7) is 3.96. The van der Waals surface area contributed by atoms with Crippen LogP contribution in [0.4, 0.5) is 0 Å². The van der Waals surface area contributed by atoms with E-state index in [1.54, 1.807) is 0 Å². The van der Waals surface area contributed by atoms with Crippen LogP contribution < -0.4 is 5.73 Å². The maximum absolute atomic E-state index is 6.11. The van der Waals surface area contributed by atoms with Crippen LogP contribution in [0.2, 0.25) is 5.02 Å². The van der Waals surface area contributed by atoms with Gasteiger partial charge >= 0.3 is 0 Å². The molecule has 0 radical (unpaired) electrons. The van der Waals surface area contributed by atoms with Crippen molar-refractivity contribution in [1.29, 1.82) is 0 Å². The zero-order chi connectivity index (χ0) is 13.1. The molecule has 1 aliphatic carbocycles. The number of rotatable bonds is 6. The van der Waals surface area contributed by atoms with E-state index in [0.29, 0.717) is 12.6 Å². The first-order chi connectivity index (χ1) is 8.67. The Hall–Kier alpha value is -0.0900. The topological polar surface area (TPSA) is 29.3 Å². The van der Waals surface area contributed by atoms with Gasteiger partial charge in [-0.1, -0.05) is 34.5 Å². The fourth-order valence-electron chi connectivity index (χ4n) is 2.47. The Bertz CT molecular complexity index is 407. The average molecular weight is 332 g/mol. The third kappa shape index (κ3) is 3.27. The van der Waals surface area contributed by atoms with Crippen LogP contribution in [0.3, 0.4) is 0 Å². The summed E-state index contributed by atoms with van der Waals surface area (Å²) in [6, 6.07) is 6.94. The second kappa shape index (κ2) is 6.38. The predicted octanol–water partition coefficient (Wildman–Crippen LogP) is 3.98. The van der Waals surface area contributed by atoms with E-state index < -0.39 is 0 Å². The van der Waals surface area contributed by atoms with Gasteiger partial charge in [-0.15, -0.1) is 0 Å². The SMILES string of the molecule is CCCN(C1CC1)C(CN)c1cc(Cl)ccc1Br. The zero-order valence-corrected chi connectivity index (χ0v) is 13.0. The maximum atomic E-state index is 6.11.